The first kappa shape index (κ1) is 40.6. The number of aromatic nitrogens is 2. The van der Waals surface area contributed by atoms with Crippen molar-refractivity contribution in [1.29, 1.82) is 0 Å². The van der Waals surface area contributed by atoms with Gasteiger partial charge in [-0.05, 0) is 96.0 Å². The topological polar surface area (TPSA) is 32.3 Å². The Morgan fingerprint density at radius 3 is 1.49 bits per heavy atom. The number of hydrogen-bond donors (Lipinski definition) is 0. The standard InChI is InChI=1S/C19H27N2.C7H6.2C5H4BrN.2ClH.Ru/c1-7-18(11-9-16(3)4)20-13-14-21(15-20)19(8-2)12-10-17(5)6;1-7-5-3-2-4-6-7;2*6-5-2-1-3-7-4-5;;;/h7-12,15H,3,5,13-14H2,1-2,4,6H3;1-6H;2*1-4H;2*1H;/q-1;;;;;;+2/p-2/b11-9-,12-10-,18-7-,19-8-;;;;;;. The molecule has 0 N–H and O–H groups in total. The first-order valence-corrected chi connectivity index (χ1v) is 21.0. The van der Waals surface area contributed by atoms with Crippen molar-refractivity contribution in [2.75, 3.05) is 13.1 Å². The van der Waals surface area contributed by atoms with Crippen molar-refractivity contribution in [3.05, 3.63) is 173 Å². The summed E-state index contributed by atoms with van der Waals surface area (Å²) < 4.78 is 3.97. The van der Waals surface area contributed by atoms with E-state index in [0.717, 1.165) is 38.7 Å². The van der Waals surface area contributed by atoms with Crippen LogP contribution in [0.5, 0.6) is 0 Å². The molecule has 0 atom stereocenters. The van der Waals surface area contributed by atoms with Crippen LogP contribution < -0.4 is 0 Å². The number of rotatable bonds is 7. The Kier molecular flexibility index (Phi) is 22.4. The van der Waals surface area contributed by atoms with Gasteiger partial charge in [-0.2, -0.15) is 6.67 Å². The zero-order valence-corrected chi connectivity index (χ0v) is 32.5. The molecule has 45 heavy (non-hydrogen) atoms. The molecule has 0 saturated carbocycles. The molecule has 0 amide bonds. The minimum atomic E-state index is -1.61. The van der Waals surface area contributed by atoms with Crippen molar-refractivity contribution in [2.24, 2.45) is 0 Å². The van der Waals surface area contributed by atoms with Gasteiger partial charge in [-0.3, -0.25) is 9.97 Å². The summed E-state index contributed by atoms with van der Waals surface area (Å²) in [5.41, 5.74) is 5.62. The molecule has 9 heteroatoms. The quantitative estimate of drug-likeness (QED) is 0.135. The van der Waals surface area contributed by atoms with Crippen molar-refractivity contribution in [1.82, 2.24) is 19.8 Å². The predicted octanol–water partition coefficient (Wildman–Crippen LogP) is 11.2. The van der Waals surface area contributed by atoms with Crippen molar-refractivity contribution < 1.29 is 13.5 Å². The number of allylic oxidation sites excluding steroid dienone is 8. The molecule has 242 valence electrons. The second-order valence-electron chi connectivity index (χ2n) is 9.35. The van der Waals surface area contributed by atoms with E-state index >= 15 is 0 Å². The summed E-state index contributed by atoms with van der Waals surface area (Å²) in [5, 5.41) is 0. The van der Waals surface area contributed by atoms with Gasteiger partial charge in [-0.15, -0.1) is 0 Å². The number of nitrogens with zero attached hydrogens (tertiary/aromatic N) is 4. The van der Waals surface area contributed by atoms with Crippen molar-refractivity contribution in [3.63, 3.8) is 0 Å². The third kappa shape index (κ3) is 20.4. The van der Waals surface area contributed by atoms with Gasteiger partial charge in [-0.1, -0.05) is 48.6 Å². The van der Waals surface area contributed by atoms with E-state index in [1.54, 1.807) is 24.8 Å². The van der Waals surface area contributed by atoms with E-state index in [0.29, 0.717) is 0 Å². The Balaban J connectivity index is 0.000000344. The molecule has 4 rings (SSSR count). The van der Waals surface area contributed by atoms with Crippen LogP contribution in [0.3, 0.4) is 0 Å². The van der Waals surface area contributed by atoms with E-state index in [1.807, 2.05) is 85.2 Å². The zero-order valence-electron chi connectivity index (χ0n) is 26.1. The first-order valence-electron chi connectivity index (χ1n) is 13.9. The van der Waals surface area contributed by atoms with E-state index in [4.69, 9.17) is 19.4 Å². The Morgan fingerprint density at radius 2 is 1.20 bits per heavy atom. The van der Waals surface area contributed by atoms with Crippen LogP contribution >= 0.6 is 51.2 Å². The average Bonchev–Trinajstić information content (AvgIpc) is 3.49. The first-order chi connectivity index (χ1) is 21.5. The van der Waals surface area contributed by atoms with E-state index in [9.17, 15) is 0 Å². The summed E-state index contributed by atoms with van der Waals surface area (Å²) in [5.74, 6) is 0. The summed E-state index contributed by atoms with van der Waals surface area (Å²) in [7, 11) is 11.3. The van der Waals surface area contributed by atoms with Gasteiger partial charge in [-0.25, -0.2) is 0 Å². The number of benzene rings is 1. The van der Waals surface area contributed by atoms with Crippen LogP contribution in [0, 0.1) is 6.67 Å². The van der Waals surface area contributed by atoms with Gasteiger partial charge in [0.2, 0.25) is 0 Å². The fourth-order valence-electron chi connectivity index (χ4n) is 3.36. The maximum absolute atomic E-state index is 5.67. The summed E-state index contributed by atoms with van der Waals surface area (Å²) in [6.07, 6.45) is 19.5. The van der Waals surface area contributed by atoms with Crippen LogP contribution in [0.25, 0.3) is 0 Å². The van der Waals surface area contributed by atoms with Crippen LogP contribution in [-0.4, -0.2) is 37.5 Å². The molecular weight excluding hydrogens is 820 g/mol. The summed E-state index contributed by atoms with van der Waals surface area (Å²) in [6, 6.07) is 17.5. The van der Waals surface area contributed by atoms with E-state index < -0.39 is 13.5 Å². The monoisotopic (exact) mass is 859 g/mol. The fraction of sp³-hybridized carbons (Fsp3) is 0.167. The fourth-order valence-corrected chi connectivity index (χ4v) is 5.72. The van der Waals surface area contributed by atoms with Crippen molar-refractivity contribution in [3.8, 4) is 0 Å². The molecule has 1 aromatic carbocycles. The molecule has 0 spiro atoms. The second-order valence-corrected chi connectivity index (χ2v) is 16.9. The molecule has 3 heterocycles. The molecule has 2 aromatic heterocycles. The summed E-state index contributed by atoms with van der Waals surface area (Å²) >= 11 is 4.88. The summed E-state index contributed by atoms with van der Waals surface area (Å²) in [6.45, 7) is 20.1. The van der Waals surface area contributed by atoms with E-state index in [-0.39, 0.29) is 0 Å². The Morgan fingerprint density at radius 1 is 0.756 bits per heavy atom. The Labute approximate surface area is 300 Å². The average molecular weight is 862 g/mol. The van der Waals surface area contributed by atoms with Crippen LogP contribution in [0.2, 0.25) is 0 Å². The van der Waals surface area contributed by atoms with Gasteiger partial charge in [0.25, 0.3) is 0 Å². The van der Waals surface area contributed by atoms with Crippen LogP contribution in [-0.2, 0) is 13.5 Å². The van der Waals surface area contributed by atoms with Gasteiger partial charge >= 0.3 is 73.4 Å². The molecule has 1 saturated heterocycles. The molecule has 0 bridgehead atoms. The molecule has 0 radical (unpaired) electrons. The molecule has 1 fully saturated rings. The zero-order chi connectivity index (χ0) is 33.5. The predicted molar refractivity (Wildman–Crippen MR) is 200 cm³/mol. The normalized spacial score (nSPS) is 13.2. The Hall–Kier alpha value is -2.41. The third-order valence-electron chi connectivity index (χ3n) is 5.44. The third-order valence-corrected chi connectivity index (χ3v) is 8.25. The molecule has 0 aliphatic carbocycles. The van der Waals surface area contributed by atoms with Gasteiger partial charge in [0.15, 0.2) is 0 Å². The van der Waals surface area contributed by atoms with E-state index in [1.165, 1.54) is 11.4 Å². The van der Waals surface area contributed by atoms with E-state index in [2.05, 4.69) is 110 Å². The van der Waals surface area contributed by atoms with Crippen LogP contribution in [0.4, 0.5) is 0 Å². The SMILES string of the molecule is Brc1cccnc1.Brc1cccnc1.C=C(C)/C=C\C(=C\C)N1[CH-]N(C(/C=C\C(=C)C)=C\C)CC1.[Cl][Ru]([Cl])=[CH]c1ccccc1. The van der Waals surface area contributed by atoms with Crippen molar-refractivity contribution in [2.45, 2.75) is 27.7 Å². The summed E-state index contributed by atoms with van der Waals surface area (Å²) in [4.78, 5) is 12.2. The minimum absolute atomic E-state index is 0.985. The molecule has 3 aromatic rings. The van der Waals surface area contributed by atoms with Gasteiger partial charge in [0, 0.05) is 58.2 Å². The van der Waals surface area contributed by atoms with Gasteiger partial charge in [0.05, 0.1) is 0 Å². The number of halogens is 4. The van der Waals surface area contributed by atoms with Crippen LogP contribution in [0.1, 0.15) is 33.3 Å². The van der Waals surface area contributed by atoms with Gasteiger partial charge < -0.3 is 9.80 Å². The molecular formula is C36H41Br2Cl2N4Ru-. The molecule has 1 aliphatic heterocycles. The Bertz CT molecular complexity index is 1350. The second kappa shape index (κ2) is 24.8. The van der Waals surface area contributed by atoms with Crippen LogP contribution in [0.15, 0.2) is 160 Å². The molecule has 4 nitrogen and oxygen atoms in total. The number of hydrogen-bond acceptors (Lipinski definition) is 4. The van der Waals surface area contributed by atoms with Crippen molar-refractivity contribution >= 4 is 55.9 Å². The van der Waals surface area contributed by atoms with Gasteiger partial charge in [0.1, 0.15) is 0 Å². The maximum atomic E-state index is 5.67. The number of pyridine rings is 2. The molecule has 0 unspecified atom stereocenters. The molecule has 1 aliphatic rings.